The zero-order chi connectivity index (χ0) is 21.1. The molecule has 0 radical (unpaired) electrons. The lowest BCUT2D eigenvalue weighted by Gasteiger charge is -2.36. The Morgan fingerprint density at radius 2 is 2.00 bits per heavy atom. The summed E-state index contributed by atoms with van der Waals surface area (Å²) in [6.07, 6.45) is 0.826. The van der Waals surface area contributed by atoms with Gasteiger partial charge in [0.05, 0.1) is 19.8 Å². The summed E-state index contributed by atoms with van der Waals surface area (Å²) in [6.45, 7) is 12.5. The van der Waals surface area contributed by atoms with Gasteiger partial charge in [-0.2, -0.15) is 0 Å². The van der Waals surface area contributed by atoms with Crippen LogP contribution in [-0.4, -0.2) is 75.8 Å². The van der Waals surface area contributed by atoms with Crippen LogP contribution in [0.4, 0.5) is 0 Å². The number of ether oxygens (including phenoxy) is 1. The second kappa shape index (κ2) is 12.4. The quantitative estimate of drug-likeness (QED) is 0.430. The van der Waals surface area contributed by atoms with Gasteiger partial charge in [0.1, 0.15) is 0 Å². The average molecular weight is 404 g/mol. The third-order valence-electron chi connectivity index (χ3n) is 5.19. The van der Waals surface area contributed by atoms with Crippen molar-refractivity contribution in [1.29, 1.82) is 0 Å². The Hall–Kier alpha value is -2.12. The molecular weight excluding hydrogens is 366 g/mol. The molecule has 0 spiro atoms. The molecular formula is C22H37N5O2. The molecule has 1 unspecified atom stereocenters. The van der Waals surface area contributed by atoms with Crippen LogP contribution in [0.15, 0.2) is 29.3 Å². The molecule has 0 bridgehead atoms. The van der Waals surface area contributed by atoms with E-state index in [0.717, 1.165) is 63.9 Å². The molecule has 0 saturated carbocycles. The Kier molecular flexibility index (Phi) is 9.94. The summed E-state index contributed by atoms with van der Waals surface area (Å²) in [7, 11) is 1.65. The van der Waals surface area contributed by atoms with Gasteiger partial charge in [-0.25, -0.2) is 0 Å². The molecule has 1 saturated heterocycles. The van der Waals surface area contributed by atoms with Gasteiger partial charge in [-0.15, -0.1) is 0 Å². The van der Waals surface area contributed by atoms with Crippen molar-refractivity contribution in [2.24, 2.45) is 10.9 Å². The van der Waals surface area contributed by atoms with Crippen LogP contribution >= 0.6 is 0 Å². The highest BCUT2D eigenvalue weighted by Gasteiger charge is 2.23. The van der Waals surface area contributed by atoms with Crippen LogP contribution in [0.3, 0.4) is 0 Å². The van der Waals surface area contributed by atoms with Crippen LogP contribution in [0.5, 0.6) is 0 Å². The van der Waals surface area contributed by atoms with Crippen LogP contribution in [0, 0.1) is 5.92 Å². The fourth-order valence-corrected chi connectivity index (χ4v) is 3.52. The minimum absolute atomic E-state index is 0.0578. The Labute approximate surface area is 175 Å². The SMILES string of the molecule is CCNC(=NCC(C(C)C)N1CCOCC1)NCCc1cccc(C(=O)NC)c1. The standard InChI is InChI=1S/C22H37N5O2/c1-5-24-22(26-16-20(17(2)3)27-11-13-29-14-12-27)25-10-9-18-7-6-8-19(15-18)21(28)23-4/h6-8,15,17,20H,5,9-14,16H2,1-4H3,(H,23,28)(H2,24,25,26). The lowest BCUT2D eigenvalue weighted by molar-refractivity contribution is 0.00867. The number of amides is 1. The van der Waals surface area contributed by atoms with Gasteiger partial charge in [-0.05, 0) is 37.0 Å². The number of hydrogen-bond donors (Lipinski definition) is 3. The number of hydrogen-bond acceptors (Lipinski definition) is 4. The lowest BCUT2D eigenvalue weighted by Crippen LogP contribution is -2.48. The van der Waals surface area contributed by atoms with Crippen LogP contribution in [0.25, 0.3) is 0 Å². The Bertz CT molecular complexity index is 656. The second-order valence-electron chi connectivity index (χ2n) is 7.64. The van der Waals surface area contributed by atoms with E-state index < -0.39 is 0 Å². The molecule has 1 aromatic rings. The largest absolute Gasteiger partial charge is 0.379 e. The highest BCUT2D eigenvalue weighted by Crippen LogP contribution is 2.13. The number of morpholine rings is 1. The van der Waals surface area contributed by atoms with E-state index in [-0.39, 0.29) is 5.91 Å². The van der Waals surface area contributed by atoms with Gasteiger partial charge in [0.25, 0.3) is 5.91 Å². The first kappa shape index (κ1) is 23.2. The number of aliphatic imine (C=N–C) groups is 1. The van der Waals surface area contributed by atoms with Gasteiger partial charge in [-0.1, -0.05) is 26.0 Å². The van der Waals surface area contributed by atoms with E-state index >= 15 is 0 Å². The van der Waals surface area contributed by atoms with Crippen molar-refractivity contribution >= 4 is 11.9 Å². The molecule has 0 aliphatic carbocycles. The van der Waals surface area contributed by atoms with E-state index in [1.54, 1.807) is 7.05 Å². The summed E-state index contributed by atoms with van der Waals surface area (Å²) in [5.41, 5.74) is 1.82. The maximum Gasteiger partial charge on any atom is 0.251 e. The van der Waals surface area contributed by atoms with E-state index in [9.17, 15) is 4.79 Å². The molecule has 1 aliphatic heterocycles. The zero-order valence-corrected chi connectivity index (χ0v) is 18.3. The van der Waals surface area contributed by atoms with Gasteiger partial charge in [0, 0.05) is 44.8 Å². The maximum absolute atomic E-state index is 11.8. The van der Waals surface area contributed by atoms with Gasteiger partial charge >= 0.3 is 0 Å². The molecule has 7 heteroatoms. The summed E-state index contributed by atoms with van der Waals surface area (Å²) in [4.78, 5) is 19.1. The van der Waals surface area contributed by atoms with Crippen molar-refractivity contribution in [3.8, 4) is 0 Å². The average Bonchev–Trinajstić information content (AvgIpc) is 2.74. The molecule has 7 nitrogen and oxygen atoms in total. The van der Waals surface area contributed by atoms with Gasteiger partial charge in [0.2, 0.25) is 0 Å². The van der Waals surface area contributed by atoms with Crippen molar-refractivity contribution in [2.45, 2.75) is 33.2 Å². The number of nitrogens with zero attached hydrogens (tertiary/aromatic N) is 2. The second-order valence-corrected chi connectivity index (χ2v) is 7.64. The fourth-order valence-electron chi connectivity index (χ4n) is 3.52. The highest BCUT2D eigenvalue weighted by molar-refractivity contribution is 5.94. The predicted molar refractivity (Wildman–Crippen MR) is 119 cm³/mol. The minimum atomic E-state index is -0.0578. The Morgan fingerprint density at radius 1 is 1.24 bits per heavy atom. The van der Waals surface area contributed by atoms with Crippen molar-refractivity contribution in [2.75, 3.05) is 53.0 Å². The molecule has 1 atom stereocenters. The number of rotatable bonds is 9. The van der Waals surface area contributed by atoms with Crippen LogP contribution in [0.2, 0.25) is 0 Å². The lowest BCUT2D eigenvalue weighted by atomic mass is 10.0. The molecule has 2 rings (SSSR count). The van der Waals surface area contributed by atoms with E-state index in [4.69, 9.17) is 9.73 Å². The first-order chi connectivity index (χ1) is 14.0. The highest BCUT2D eigenvalue weighted by atomic mass is 16.5. The van der Waals surface area contributed by atoms with E-state index in [2.05, 4.69) is 41.6 Å². The molecule has 1 aliphatic rings. The number of carbonyl (C=O) groups is 1. The predicted octanol–water partition coefficient (Wildman–Crippen LogP) is 1.50. The maximum atomic E-state index is 11.8. The van der Waals surface area contributed by atoms with Gasteiger partial charge < -0.3 is 20.7 Å². The summed E-state index contributed by atoms with van der Waals surface area (Å²) in [5.74, 6) is 1.32. The first-order valence-corrected chi connectivity index (χ1v) is 10.7. The molecule has 162 valence electrons. The number of benzene rings is 1. The number of nitrogens with one attached hydrogen (secondary N) is 3. The summed E-state index contributed by atoms with van der Waals surface area (Å²) < 4.78 is 5.49. The van der Waals surface area contributed by atoms with E-state index in [0.29, 0.717) is 17.5 Å². The smallest absolute Gasteiger partial charge is 0.251 e. The van der Waals surface area contributed by atoms with Crippen molar-refractivity contribution in [3.05, 3.63) is 35.4 Å². The summed E-state index contributed by atoms with van der Waals surface area (Å²) >= 11 is 0. The molecule has 1 amide bonds. The fraction of sp³-hybridized carbons (Fsp3) is 0.636. The van der Waals surface area contributed by atoms with E-state index in [1.807, 2.05) is 24.3 Å². The Balaban J connectivity index is 1.92. The van der Waals surface area contributed by atoms with Gasteiger partial charge in [-0.3, -0.25) is 14.7 Å². The third-order valence-corrected chi connectivity index (χ3v) is 5.19. The van der Waals surface area contributed by atoms with Crippen LogP contribution in [0.1, 0.15) is 36.7 Å². The normalized spacial score (nSPS) is 16.5. The third kappa shape index (κ3) is 7.66. The molecule has 1 fully saturated rings. The van der Waals surface area contributed by atoms with Crippen LogP contribution < -0.4 is 16.0 Å². The van der Waals surface area contributed by atoms with Crippen molar-refractivity contribution in [3.63, 3.8) is 0 Å². The monoisotopic (exact) mass is 403 g/mol. The molecule has 1 aromatic carbocycles. The first-order valence-electron chi connectivity index (χ1n) is 10.7. The van der Waals surface area contributed by atoms with E-state index in [1.165, 1.54) is 0 Å². The van der Waals surface area contributed by atoms with Crippen molar-refractivity contribution in [1.82, 2.24) is 20.9 Å². The van der Waals surface area contributed by atoms with Crippen molar-refractivity contribution < 1.29 is 9.53 Å². The Morgan fingerprint density at radius 3 is 2.66 bits per heavy atom. The minimum Gasteiger partial charge on any atom is -0.379 e. The zero-order valence-electron chi connectivity index (χ0n) is 18.3. The molecule has 3 N–H and O–H groups in total. The van der Waals surface area contributed by atoms with Crippen LogP contribution in [-0.2, 0) is 11.2 Å². The summed E-state index contributed by atoms with van der Waals surface area (Å²) in [5, 5.41) is 9.43. The van der Waals surface area contributed by atoms with Gasteiger partial charge in [0.15, 0.2) is 5.96 Å². The molecule has 29 heavy (non-hydrogen) atoms. The topological polar surface area (TPSA) is 78.0 Å². The summed E-state index contributed by atoms with van der Waals surface area (Å²) in [6, 6.07) is 8.16. The number of guanidine groups is 1. The number of carbonyl (C=O) groups excluding carboxylic acids is 1. The molecule has 0 aromatic heterocycles. The molecule has 1 heterocycles.